The molecule has 3 rings (SSSR count). The van der Waals surface area contributed by atoms with Crippen molar-refractivity contribution in [1.29, 1.82) is 0 Å². The second-order valence-corrected chi connectivity index (χ2v) is 5.05. The fraction of sp³-hybridized carbons (Fsp3) is 0.429. The van der Waals surface area contributed by atoms with Crippen molar-refractivity contribution in [3.05, 3.63) is 41.6 Å². The Hall–Kier alpha value is -2.08. The summed E-state index contributed by atoms with van der Waals surface area (Å²) >= 11 is 0. The Balaban J connectivity index is 1.84. The lowest BCUT2D eigenvalue weighted by molar-refractivity contribution is 0.0611. The maximum absolute atomic E-state index is 12.6. The predicted molar refractivity (Wildman–Crippen MR) is 72.8 cm³/mol. The van der Waals surface area contributed by atoms with Crippen molar-refractivity contribution in [3.8, 4) is 0 Å². The molecule has 0 bridgehead atoms. The third-order valence-electron chi connectivity index (χ3n) is 3.77. The molecule has 1 atom stereocenters. The molecule has 1 aliphatic rings. The topological polar surface area (TPSA) is 88.2 Å². The van der Waals surface area contributed by atoms with Crippen LogP contribution in [0.1, 0.15) is 47.0 Å². The first-order valence-corrected chi connectivity index (χ1v) is 6.86. The lowest BCUT2D eigenvalue weighted by Crippen LogP contribution is -2.38. The first kappa shape index (κ1) is 12.9. The van der Waals surface area contributed by atoms with Crippen molar-refractivity contribution in [2.75, 3.05) is 6.54 Å². The number of nitrogens with zero attached hydrogens (tertiary/aromatic N) is 2. The molecule has 3 N–H and O–H groups in total. The smallest absolute Gasteiger partial charge is 0.257 e. The quantitative estimate of drug-likeness (QED) is 0.893. The molecule has 0 radical (unpaired) electrons. The van der Waals surface area contributed by atoms with Crippen LogP contribution in [0.2, 0.25) is 0 Å². The second kappa shape index (κ2) is 5.50. The summed E-state index contributed by atoms with van der Waals surface area (Å²) in [7, 11) is 0. The first-order valence-electron chi connectivity index (χ1n) is 6.86. The predicted octanol–water partition coefficient (Wildman–Crippen LogP) is 1.83. The van der Waals surface area contributed by atoms with Gasteiger partial charge >= 0.3 is 0 Å². The van der Waals surface area contributed by atoms with E-state index >= 15 is 0 Å². The van der Waals surface area contributed by atoms with Crippen LogP contribution >= 0.6 is 0 Å². The van der Waals surface area contributed by atoms with Crippen molar-refractivity contribution in [1.82, 2.24) is 15.1 Å². The van der Waals surface area contributed by atoms with Gasteiger partial charge in [0, 0.05) is 18.3 Å². The SMILES string of the molecule is NCc1cc(C(=O)N2CCCCC2c2cn[nH]c2)co1. The molecule has 0 aromatic carbocycles. The number of H-pyrrole nitrogens is 1. The van der Waals surface area contributed by atoms with Crippen LogP contribution in [0.3, 0.4) is 0 Å². The highest BCUT2D eigenvalue weighted by atomic mass is 16.3. The highest BCUT2D eigenvalue weighted by Gasteiger charge is 2.29. The van der Waals surface area contributed by atoms with Crippen molar-refractivity contribution in [2.24, 2.45) is 5.73 Å². The minimum absolute atomic E-state index is 0.000602. The number of nitrogens with one attached hydrogen (secondary N) is 1. The fourth-order valence-electron chi connectivity index (χ4n) is 2.73. The van der Waals surface area contributed by atoms with Gasteiger partial charge in [-0.05, 0) is 25.3 Å². The van der Waals surface area contributed by atoms with Crippen LogP contribution in [0, 0.1) is 0 Å². The molecule has 20 heavy (non-hydrogen) atoms. The number of likely N-dealkylation sites (tertiary alicyclic amines) is 1. The molecule has 1 unspecified atom stereocenters. The summed E-state index contributed by atoms with van der Waals surface area (Å²) in [5.74, 6) is 0.629. The number of nitrogens with two attached hydrogens (primary N) is 1. The third kappa shape index (κ3) is 2.34. The highest BCUT2D eigenvalue weighted by Crippen LogP contribution is 2.31. The summed E-state index contributed by atoms with van der Waals surface area (Å²) in [6, 6.07) is 1.81. The van der Waals surface area contributed by atoms with Crippen molar-refractivity contribution >= 4 is 5.91 Å². The van der Waals surface area contributed by atoms with Crippen molar-refractivity contribution < 1.29 is 9.21 Å². The Morgan fingerprint density at radius 1 is 1.55 bits per heavy atom. The molecule has 106 valence electrons. The van der Waals surface area contributed by atoms with Crippen LogP contribution < -0.4 is 5.73 Å². The van der Waals surface area contributed by atoms with E-state index in [2.05, 4.69) is 10.2 Å². The number of carbonyl (C=O) groups is 1. The van der Waals surface area contributed by atoms with Crippen LogP contribution in [0.25, 0.3) is 0 Å². The second-order valence-electron chi connectivity index (χ2n) is 5.05. The van der Waals surface area contributed by atoms with Gasteiger partial charge < -0.3 is 15.1 Å². The van der Waals surface area contributed by atoms with E-state index in [9.17, 15) is 4.79 Å². The Morgan fingerprint density at radius 2 is 2.45 bits per heavy atom. The number of piperidine rings is 1. The van der Waals surface area contributed by atoms with Gasteiger partial charge in [0.05, 0.1) is 24.3 Å². The summed E-state index contributed by atoms with van der Waals surface area (Å²) in [6.07, 6.45) is 8.26. The first-order chi connectivity index (χ1) is 9.79. The van der Waals surface area contributed by atoms with E-state index in [1.165, 1.54) is 6.26 Å². The monoisotopic (exact) mass is 274 g/mol. The van der Waals surface area contributed by atoms with E-state index in [1.54, 1.807) is 12.3 Å². The van der Waals surface area contributed by atoms with Gasteiger partial charge in [-0.1, -0.05) is 0 Å². The van der Waals surface area contributed by atoms with Crippen molar-refractivity contribution in [2.45, 2.75) is 31.8 Å². The van der Waals surface area contributed by atoms with Crippen molar-refractivity contribution in [3.63, 3.8) is 0 Å². The van der Waals surface area contributed by atoms with Gasteiger partial charge in [-0.2, -0.15) is 5.10 Å². The minimum Gasteiger partial charge on any atom is -0.467 e. The zero-order chi connectivity index (χ0) is 13.9. The van der Waals surface area contributed by atoms with Gasteiger partial charge in [0.2, 0.25) is 0 Å². The summed E-state index contributed by atoms with van der Waals surface area (Å²) in [5.41, 5.74) is 7.14. The Bertz CT molecular complexity index is 576. The molecule has 6 heteroatoms. The maximum atomic E-state index is 12.6. The maximum Gasteiger partial charge on any atom is 0.257 e. The Kier molecular flexibility index (Phi) is 3.56. The number of amides is 1. The van der Waals surface area contributed by atoms with Gasteiger partial charge in [0.1, 0.15) is 12.0 Å². The molecule has 2 aromatic heterocycles. The summed E-state index contributed by atoms with van der Waals surface area (Å²) in [6.45, 7) is 1.07. The number of aromatic amines is 1. The average molecular weight is 274 g/mol. The molecule has 0 saturated carbocycles. The summed E-state index contributed by atoms with van der Waals surface area (Å²) < 4.78 is 5.26. The van der Waals surface area contributed by atoms with Crippen LogP contribution in [0.15, 0.2) is 29.1 Å². The molecule has 6 nitrogen and oxygen atoms in total. The number of carbonyl (C=O) groups excluding carboxylic acids is 1. The van der Waals surface area contributed by atoms with Gasteiger partial charge in [-0.15, -0.1) is 0 Å². The molecule has 1 amide bonds. The molecule has 0 aliphatic carbocycles. The minimum atomic E-state index is -0.000602. The number of hydrogen-bond donors (Lipinski definition) is 2. The van der Waals surface area contributed by atoms with Gasteiger partial charge in [0.15, 0.2) is 0 Å². The Morgan fingerprint density at radius 3 is 3.15 bits per heavy atom. The van der Waals surface area contributed by atoms with E-state index < -0.39 is 0 Å². The number of furan rings is 1. The van der Waals surface area contributed by atoms with Crippen LogP contribution in [-0.2, 0) is 6.54 Å². The van der Waals surface area contributed by atoms with Gasteiger partial charge in [-0.3, -0.25) is 9.89 Å². The van der Waals surface area contributed by atoms with Gasteiger partial charge in [0.25, 0.3) is 5.91 Å². The average Bonchev–Trinajstić information content (AvgIpc) is 3.17. The lowest BCUT2D eigenvalue weighted by atomic mass is 9.97. The van der Waals surface area contributed by atoms with E-state index in [0.717, 1.165) is 31.4 Å². The number of hydrogen-bond acceptors (Lipinski definition) is 4. The zero-order valence-electron chi connectivity index (χ0n) is 11.2. The third-order valence-corrected chi connectivity index (χ3v) is 3.77. The molecule has 3 heterocycles. The van der Waals surface area contributed by atoms with E-state index in [1.807, 2.05) is 11.1 Å². The summed E-state index contributed by atoms with van der Waals surface area (Å²) in [4.78, 5) is 14.5. The fourth-order valence-corrected chi connectivity index (χ4v) is 2.73. The molecular weight excluding hydrogens is 256 g/mol. The normalized spacial score (nSPS) is 19.2. The molecular formula is C14H18N4O2. The zero-order valence-corrected chi connectivity index (χ0v) is 11.2. The van der Waals surface area contributed by atoms with Crippen LogP contribution in [-0.4, -0.2) is 27.5 Å². The number of rotatable bonds is 3. The number of aromatic nitrogens is 2. The van der Waals surface area contributed by atoms with E-state index in [0.29, 0.717) is 17.9 Å². The van der Waals surface area contributed by atoms with E-state index in [-0.39, 0.29) is 11.9 Å². The lowest BCUT2D eigenvalue weighted by Gasteiger charge is -2.35. The standard InChI is InChI=1S/C14H18N4O2/c15-6-12-5-10(9-20-12)14(19)18-4-2-1-3-13(18)11-7-16-17-8-11/h5,7-9,13H,1-4,6,15H2,(H,16,17). The largest absolute Gasteiger partial charge is 0.467 e. The van der Waals surface area contributed by atoms with Gasteiger partial charge in [-0.25, -0.2) is 0 Å². The molecule has 0 spiro atoms. The summed E-state index contributed by atoms with van der Waals surface area (Å²) in [5, 5.41) is 6.80. The van der Waals surface area contributed by atoms with Crippen LogP contribution in [0.5, 0.6) is 0 Å². The highest BCUT2D eigenvalue weighted by molar-refractivity contribution is 5.94. The molecule has 1 saturated heterocycles. The Labute approximate surface area is 116 Å². The van der Waals surface area contributed by atoms with E-state index in [4.69, 9.17) is 10.2 Å². The molecule has 2 aromatic rings. The molecule has 1 fully saturated rings. The van der Waals surface area contributed by atoms with Crippen LogP contribution in [0.4, 0.5) is 0 Å². The molecule has 1 aliphatic heterocycles.